The Labute approximate surface area is 160 Å². The largest absolute Gasteiger partial charge is 0.480 e. The number of carbonyl (C=O) groups excluding carboxylic acids is 2. The number of hydrogen-bond acceptors (Lipinski definition) is 6. The van der Waals surface area contributed by atoms with Crippen LogP contribution in [0.4, 0.5) is 5.69 Å². The summed E-state index contributed by atoms with van der Waals surface area (Å²) >= 11 is 1.02. The summed E-state index contributed by atoms with van der Waals surface area (Å²) in [5, 5.41) is 16.0. The summed E-state index contributed by atoms with van der Waals surface area (Å²) in [6.45, 7) is 2.31. The lowest BCUT2D eigenvalue weighted by Crippen LogP contribution is -2.48. The molecular formula is C18H20N4O4S. The maximum atomic E-state index is 12.8. The van der Waals surface area contributed by atoms with Crippen LogP contribution >= 0.6 is 11.5 Å². The number of aryl methyl sites for hydroxylation is 1. The van der Waals surface area contributed by atoms with Gasteiger partial charge in [0.1, 0.15) is 10.9 Å². The van der Waals surface area contributed by atoms with E-state index in [1.165, 1.54) is 4.90 Å². The number of aromatic nitrogens is 2. The number of hydrogen-bond donors (Lipinski definition) is 2. The SMILES string of the molecule is CCc1nnsc1C(=O)Nc1cccc(C(=O)N2CCCCC2C(=O)O)c1. The van der Waals surface area contributed by atoms with Gasteiger partial charge in [0.15, 0.2) is 0 Å². The third-order valence-electron chi connectivity index (χ3n) is 4.51. The molecule has 1 aliphatic rings. The topological polar surface area (TPSA) is 112 Å². The second kappa shape index (κ2) is 8.26. The number of rotatable bonds is 5. The Kier molecular flexibility index (Phi) is 5.80. The molecule has 3 rings (SSSR count). The van der Waals surface area contributed by atoms with E-state index in [2.05, 4.69) is 14.9 Å². The van der Waals surface area contributed by atoms with E-state index in [4.69, 9.17) is 0 Å². The molecule has 9 heteroatoms. The molecule has 1 aromatic carbocycles. The number of nitrogens with one attached hydrogen (secondary N) is 1. The third-order valence-corrected chi connectivity index (χ3v) is 5.28. The average molecular weight is 388 g/mol. The van der Waals surface area contributed by atoms with Crippen molar-refractivity contribution in [2.45, 2.75) is 38.6 Å². The molecule has 1 aliphatic heterocycles. The Morgan fingerprint density at radius 2 is 2.15 bits per heavy atom. The van der Waals surface area contributed by atoms with E-state index >= 15 is 0 Å². The Hall–Kier alpha value is -2.81. The smallest absolute Gasteiger partial charge is 0.326 e. The Morgan fingerprint density at radius 3 is 2.89 bits per heavy atom. The van der Waals surface area contributed by atoms with Gasteiger partial charge >= 0.3 is 5.97 Å². The van der Waals surface area contributed by atoms with Crippen LogP contribution in [0.25, 0.3) is 0 Å². The van der Waals surface area contributed by atoms with Crippen molar-refractivity contribution in [3.63, 3.8) is 0 Å². The lowest BCUT2D eigenvalue weighted by molar-refractivity contribution is -0.143. The number of piperidine rings is 1. The number of amides is 2. The molecule has 2 N–H and O–H groups in total. The molecule has 27 heavy (non-hydrogen) atoms. The molecule has 1 unspecified atom stereocenters. The second-order valence-corrected chi connectivity index (χ2v) is 7.04. The number of carboxylic acids is 1. The quantitative estimate of drug-likeness (QED) is 0.813. The van der Waals surface area contributed by atoms with Crippen molar-refractivity contribution in [1.82, 2.24) is 14.5 Å². The molecule has 1 aromatic heterocycles. The van der Waals surface area contributed by atoms with E-state index in [-0.39, 0.29) is 11.8 Å². The molecule has 142 valence electrons. The molecule has 8 nitrogen and oxygen atoms in total. The molecule has 0 saturated carbocycles. The zero-order valence-electron chi connectivity index (χ0n) is 14.8. The van der Waals surface area contributed by atoms with Gasteiger partial charge in [0.05, 0.1) is 5.69 Å². The number of aliphatic carboxylic acids is 1. The molecule has 0 spiro atoms. The van der Waals surface area contributed by atoms with E-state index in [0.29, 0.717) is 41.2 Å². The number of anilines is 1. The van der Waals surface area contributed by atoms with Crippen LogP contribution < -0.4 is 5.32 Å². The molecule has 2 aromatic rings. The van der Waals surface area contributed by atoms with Gasteiger partial charge in [-0.3, -0.25) is 9.59 Å². The maximum Gasteiger partial charge on any atom is 0.326 e. The molecule has 0 bridgehead atoms. The molecule has 2 heterocycles. The van der Waals surface area contributed by atoms with Crippen molar-refractivity contribution >= 4 is 35.0 Å². The highest BCUT2D eigenvalue weighted by Gasteiger charge is 2.32. The normalized spacial score (nSPS) is 16.8. The minimum Gasteiger partial charge on any atom is -0.480 e. The van der Waals surface area contributed by atoms with Gasteiger partial charge in [-0.05, 0) is 55.4 Å². The number of carboxylic acid groups (broad SMARTS) is 1. The van der Waals surface area contributed by atoms with E-state index in [1.54, 1.807) is 24.3 Å². The van der Waals surface area contributed by atoms with Gasteiger partial charge in [-0.15, -0.1) is 5.10 Å². The summed E-state index contributed by atoms with van der Waals surface area (Å²) in [6.07, 6.45) is 2.63. The fourth-order valence-electron chi connectivity index (χ4n) is 3.13. The standard InChI is InChI=1S/C18H20N4O4S/c1-2-13-15(27-21-20-13)16(23)19-12-7-5-6-11(10-12)17(24)22-9-4-3-8-14(22)18(25)26/h5-7,10,14H,2-4,8-9H2,1H3,(H,19,23)(H,25,26). The Balaban J connectivity index is 1.78. The average Bonchev–Trinajstić information content (AvgIpc) is 3.16. The molecule has 2 amide bonds. The summed E-state index contributed by atoms with van der Waals surface area (Å²) in [7, 11) is 0. The van der Waals surface area contributed by atoms with Crippen molar-refractivity contribution in [3.05, 3.63) is 40.4 Å². The molecule has 1 saturated heterocycles. The van der Waals surface area contributed by atoms with Crippen molar-refractivity contribution < 1.29 is 19.5 Å². The number of carbonyl (C=O) groups is 3. The van der Waals surface area contributed by atoms with Crippen molar-refractivity contribution in [1.29, 1.82) is 0 Å². The highest BCUT2D eigenvalue weighted by atomic mass is 32.1. The van der Waals surface area contributed by atoms with E-state index < -0.39 is 12.0 Å². The van der Waals surface area contributed by atoms with Crippen LogP contribution in [0.15, 0.2) is 24.3 Å². The van der Waals surface area contributed by atoms with Crippen LogP contribution in [0.2, 0.25) is 0 Å². The van der Waals surface area contributed by atoms with Crippen LogP contribution in [-0.2, 0) is 11.2 Å². The first-order valence-corrected chi connectivity index (χ1v) is 9.55. The van der Waals surface area contributed by atoms with E-state index in [9.17, 15) is 19.5 Å². The molecule has 0 radical (unpaired) electrons. The highest BCUT2D eigenvalue weighted by Crippen LogP contribution is 2.22. The lowest BCUT2D eigenvalue weighted by Gasteiger charge is -2.33. The summed E-state index contributed by atoms with van der Waals surface area (Å²) < 4.78 is 3.80. The van der Waals surface area contributed by atoms with Crippen LogP contribution in [0, 0.1) is 0 Å². The maximum absolute atomic E-state index is 12.8. The third kappa shape index (κ3) is 4.13. The van der Waals surface area contributed by atoms with Gasteiger partial charge in [0.25, 0.3) is 11.8 Å². The number of benzene rings is 1. The summed E-state index contributed by atoms with van der Waals surface area (Å²) in [5.41, 5.74) is 1.44. The first-order valence-electron chi connectivity index (χ1n) is 8.77. The predicted octanol–water partition coefficient (Wildman–Crippen LogP) is 2.43. The van der Waals surface area contributed by atoms with Gasteiger partial charge in [0.2, 0.25) is 0 Å². The van der Waals surface area contributed by atoms with Crippen molar-refractivity contribution in [3.8, 4) is 0 Å². The first kappa shape index (κ1) is 19.0. The van der Waals surface area contributed by atoms with E-state index in [0.717, 1.165) is 24.4 Å². The lowest BCUT2D eigenvalue weighted by atomic mass is 10.0. The van der Waals surface area contributed by atoms with Gasteiger partial charge in [-0.2, -0.15) is 0 Å². The predicted molar refractivity (Wildman–Crippen MR) is 100.0 cm³/mol. The minimum atomic E-state index is -0.989. The van der Waals surface area contributed by atoms with Crippen LogP contribution in [0.1, 0.15) is 51.9 Å². The van der Waals surface area contributed by atoms with Gasteiger partial charge in [0, 0.05) is 17.8 Å². The fraction of sp³-hybridized carbons (Fsp3) is 0.389. The second-order valence-electron chi connectivity index (χ2n) is 6.29. The summed E-state index contributed by atoms with van der Waals surface area (Å²) in [4.78, 5) is 38.5. The van der Waals surface area contributed by atoms with Crippen molar-refractivity contribution in [2.75, 3.05) is 11.9 Å². The molecule has 1 atom stereocenters. The van der Waals surface area contributed by atoms with Gasteiger partial charge in [-0.1, -0.05) is 17.5 Å². The summed E-state index contributed by atoms with van der Waals surface area (Å²) in [5.74, 6) is -1.66. The minimum absolute atomic E-state index is 0.326. The van der Waals surface area contributed by atoms with Crippen LogP contribution in [0.3, 0.4) is 0 Å². The van der Waals surface area contributed by atoms with Gasteiger partial charge < -0.3 is 15.3 Å². The van der Waals surface area contributed by atoms with Crippen LogP contribution in [0.5, 0.6) is 0 Å². The zero-order chi connectivity index (χ0) is 19.4. The zero-order valence-corrected chi connectivity index (χ0v) is 15.7. The fourth-order valence-corrected chi connectivity index (χ4v) is 3.77. The summed E-state index contributed by atoms with van der Waals surface area (Å²) in [6, 6.07) is 5.72. The molecular weight excluding hydrogens is 368 g/mol. The number of nitrogens with zero attached hydrogens (tertiary/aromatic N) is 3. The molecule has 0 aliphatic carbocycles. The Bertz CT molecular complexity index is 867. The Morgan fingerprint density at radius 1 is 1.33 bits per heavy atom. The monoisotopic (exact) mass is 388 g/mol. The highest BCUT2D eigenvalue weighted by molar-refractivity contribution is 7.08. The van der Waals surface area contributed by atoms with Crippen LogP contribution in [-0.4, -0.2) is 50.0 Å². The number of likely N-dealkylation sites (tertiary alicyclic amines) is 1. The molecule has 1 fully saturated rings. The van der Waals surface area contributed by atoms with Gasteiger partial charge in [-0.25, -0.2) is 4.79 Å². The van der Waals surface area contributed by atoms with Crippen molar-refractivity contribution in [2.24, 2.45) is 0 Å². The van der Waals surface area contributed by atoms with E-state index in [1.807, 2.05) is 6.92 Å². The first-order chi connectivity index (χ1) is 13.0.